The van der Waals surface area contributed by atoms with Gasteiger partial charge in [-0.05, 0) is 6.07 Å². The molecule has 0 spiro atoms. The molecule has 0 aliphatic heterocycles. The largest absolute Gasteiger partial charge is 0.491 e. The fourth-order valence-corrected chi connectivity index (χ4v) is 2.30. The molecule has 0 radical (unpaired) electrons. The number of benzene rings is 1. The van der Waals surface area contributed by atoms with Crippen molar-refractivity contribution in [3.63, 3.8) is 0 Å². The van der Waals surface area contributed by atoms with E-state index in [1.165, 1.54) is 0 Å². The number of hydrogen-bond donors (Lipinski definition) is 2. The SMILES string of the molecule is COc1c(F)cc(F)c(-c2cc(NC(C)=O)c(Cl)c(C(=O)O)n2)c1F. The van der Waals surface area contributed by atoms with E-state index in [4.69, 9.17) is 16.7 Å². The molecule has 2 N–H and O–H groups in total. The van der Waals surface area contributed by atoms with Gasteiger partial charge in [-0.2, -0.15) is 0 Å². The lowest BCUT2D eigenvalue weighted by atomic mass is 10.1. The molecule has 2 rings (SSSR count). The van der Waals surface area contributed by atoms with Gasteiger partial charge in [-0.25, -0.2) is 22.9 Å². The number of pyridine rings is 1. The van der Waals surface area contributed by atoms with Crippen LogP contribution in [0, 0.1) is 17.5 Å². The van der Waals surface area contributed by atoms with Gasteiger partial charge in [0.05, 0.1) is 29.1 Å². The molecule has 25 heavy (non-hydrogen) atoms. The van der Waals surface area contributed by atoms with Gasteiger partial charge in [-0.3, -0.25) is 4.79 Å². The molecule has 6 nitrogen and oxygen atoms in total. The zero-order valence-corrected chi connectivity index (χ0v) is 13.5. The Morgan fingerprint density at radius 2 is 1.88 bits per heavy atom. The third kappa shape index (κ3) is 3.50. The maximum atomic E-state index is 14.4. The summed E-state index contributed by atoms with van der Waals surface area (Å²) in [7, 11) is 0.976. The first-order valence-electron chi connectivity index (χ1n) is 6.60. The van der Waals surface area contributed by atoms with Crippen LogP contribution in [-0.2, 0) is 4.79 Å². The molecule has 1 amide bonds. The smallest absolute Gasteiger partial charge is 0.356 e. The maximum absolute atomic E-state index is 14.4. The van der Waals surface area contributed by atoms with Crippen LogP contribution < -0.4 is 10.1 Å². The first-order valence-corrected chi connectivity index (χ1v) is 6.98. The Hall–Kier alpha value is -2.81. The average Bonchev–Trinajstić information content (AvgIpc) is 2.49. The summed E-state index contributed by atoms with van der Waals surface area (Å²) in [6, 6.07) is 1.33. The highest BCUT2D eigenvalue weighted by atomic mass is 35.5. The molecule has 0 bridgehead atoms. The van der Waals surface area contributed by atoms with E-state index in [9.17, 15) is 22.8 Å². The molecule has 132 valence electrons. The number of carboxylic acids is 1. The lowest BCUT2D eigenvalue weighted by molar-refractivity contribution is -0.114. The van der Waals surface area contributed by atoms with Gasteiger partial charge >= 0.3 is 5.97 Å². The number of rotatable bonds is 4. The van der Waals surface area contributed by atoms with E-state index < -0.39 is 57.1 Å². The van der Waals surface area contributed by atoms with Crippen LogP contribution in [0.25, 0.3) is 11.3 Å². The lowest BCUT2D eigenvalue weighted by Crippen LogP contribution is -2.11. The maximum Gasteiger partial charge on any atom is 0.356 e. The second-order valence-electron chi connectivity index (χ2n) is 4.77. The molecular weight excluding hydrogens is 365 g/mol. The summed E-state index contributed by atoms with van der Waals surface area (Å²) < 4.78 is 46.6. The predicted octanol–water partition coefficient (Wildman–Crippen LogP) is 3.48. The van der Waals surface area contributed by atoms with Gasteiger partial charge in [-0.15, -0.1) is 0 Å². The molecule has 0 aliphatic rings. The van der Waals surface area contributed by atoms with Crippen LogP contribution in [0.5, 0.6) is 5.75 Å². The summed E-state index contributed by atoms with van der Waals surface area (Å²) in [6.45, 7) is 1.12. The summed E-state index contributed by atoms with van der Waals surface area (Å²) in [4.78, 5) is 26.1. The third-order valence-electron chi connectivity index (χ3n) is 3.06. The number of nitrogens with zero attached hydrogens (tertiary/aromatic N) is 1. The number of carbonyl (C=O) groups excluding carboxylic acids is 1. The molecule has 1 aromatic carbocycles. The Labute approximate surface area is 144 Å². The van der Waals surface area contributed by atoms with E-state index in [1.807, 2.05) is 0 Å². The zero-order valence-electron chi connectivity index (χ0n) is 12.8. The van der Waals surface area contributed by atoms with Crippen LogP contribution in [0.15, 0.2) is 12.1 Å². The van der Waals surface area contributed by atoms with E-state index in [2.05, 4.69) is 15.0 Å². The van der Waals surface area contributed by atoms with Crippen LogP contribution in [0.1, 0.15) is 17.4 Å². The monoisotopic (exact) mass is 374 g/mol. The van der Waals surface area contributed by atoms with Gasteiger partial charge in [-0.1, -0.05) is 11.6 Å². The number of aromatic carboxylic acids is 1. The molecule has 10 heteroatoms. The minimum absolute atomic E-state index is 0.223. The first-order chi connectivity index (χ1) is 11.7. The minimum Gasteiger partial charge on any atom is -0.491 e. The molecule has 2 aromatic rings. The third-order valence-corrected chi connectivity index (χ3v) is 3.44. The Morgan fingerprint density at radius 3 is 2.40 bits per heavy atom. The van der Waals surface area contributed by atoms with Crippen molar-refractivity contribution < 1.29 is 32.6 Å². The number of anilines is 1. The molecule has 1 heterocycles. The van der Waals surface area contributed by atoms with E-state index in [0.29, 0.717) is 6.07 Å². The number of carboxylic acid groups (broad SMARTS) is 1. The highest BCUT2D eigenvalue weighted by Crippen LogP contribution is 2.36. The Kier molecular flexibility index (Phi) is 5.17. The van der Waals surface area contributed by atoms with Crippen molar-refractivity contribution in [2.75, 3.05) is 12.4 Å². The number of hydrogen-bond acceptors (Lipinski definition) is 4. The topological polar surface area (TPSA) is 88.5 Å². The Bertz CT molecular complexity index is 890. The molecule has 0 unspecified atom stereocenters. The number of amides is 1. The van der Waals surface area contributed by atoms with Gasteiger partial charge in [0.25, 0.3) is 0 Å². The van der Waals surface area contributed by atoms with Crippen LogP contribution in [0.3, 0.4) is 0 Å². The number of carbonyl (C=O) groups is 2. The predicted molar refractivity (Wildman–Crippen MR) is 82.4 cm³/mol. The number of nitrogens with one attached hydrogen (secondary N) is 1. The number of ether oxygens (including phenoxy) is 1. The molecule has 0 fully saturated rings. The Balaban J connectivity index is 2.82. The van der Waals surface area contributed by atoms with Crippen molar-refractivity contribution in [3.8, 4) is 17.0 Å². The first kappa shape index (κ1) is 18.5. The number of halogens is 4. The van der Waals surface area contributed by atoms with Crippen LogP contribution in [0.4, 0.5) is 18.9 Å². The van der Waals surface area contributed by atoms with Gasteiger partial charge in [0, 0.05) is 13.0 Å². The van der Waals surface area contributed by atoms with Gasteiger partial charge in [0.2, 0.25) is 5.91 Å². The van der Waals surface area contributed by atoms with E-state index >= 15 is 0 Å². The van der Waals surface area contributed by atoms with Crippen LogP contribution >= 0.6 is 11.6 Å². The van der Waals surface area contributed by atoms with E-state index in [0.717, 1.165) is 20.1 Å². The van der Waals surface area contributed by atoms with Crippen molar-refractivity contribution in [1.82, 2.24) is 4.98 Å². The molecule has 0 aliphatic carbocycles. The highest BCUT2D eigenvalue weighted by molar-refractivity contribution is 6.36. The lowest BCUT2D eigenvalue weighted by Gasteiger charge is -2.13. The molecule has 0 saturated carbocycles. The van der Waals surface area contributed by atoms with E-state index in [-0.39, 0.29) is 5.69 Å². The molecule has 1 aromatic heterocycles. The van der Waals surface area contributed by atoms with Crippen molar-refractivity contribution in [3.05, 3.63) is 40.3 Å². The fraction of sp³-hybridized carbons (Fsp3) is 0.133. The van der Waals surface area contributed by atoms with E-state index in [1.54, 1.807) is 0 Å². The fourth-order valence-electron chi connectivity index (χ4n) is 2.07. The summed E-state index contributed by atoms with van der Waals surface area (Å²) >= 11 is 5.84. The summed E-state index contributed by atoms with van der Waals surface area (Å²) in [6.07, 6.45) is 0. The molecular formula is C15H10ClF3N2O4. The number of aromatic nitrogens is 1. The highest BCUT2D eigenvalue weighted by Gasteiger charge is 2.25. The number of methoxy groups -OCH3 is 1. The average molecular weight is 375 g/mol. The van der Waals surface area contributed by atoms with Crippen LogP contribution in [0.2, 0.25) is 5.02 Å². The van der Waals surface area contributed by atoms with Crippen molar-refractivity contribution >= 4 is 29.2 Å². The van der Waals surface area contributed by atoms with Crippen molar-refractivity contribution in [2.45, 2.75) is 6.92 Å². The van der Waals surface area contributed by atoms with Gasteiger partial charge < -0.3 is 15.2 Å². The molecule has 0 atom stereocenters. The quantitative estimate of drug-likeness (QED) is 0.855. The Morgan fingerprint density at radius 1 is 1.24 bits per heavy atom. The summed E-state index contributed by atoms with van der Waals surface area (Å²) in [5, 5.41) is 11.0. The van der Waals surface area contributed by atoms with Gasteiger partial charge in [0.1, 0.15) is 5.82 Å². The second kappa shape index (κ2) is 6.98. The van der Waals surface area contributed by atoms with Crippen molar-refractivity contribution in [2.24, 2.45) is 0 Å². The second-order valence-corrected chi connectivity index (χ2v) is 5.14. The van der Waals surface area contributed by atoms with Gasteiger partial charge in [0.15, 0.2) is 23.1 Å². The molecule has 0 saturated heterocycles. The summed E-state index contributed by atoms with van der Waals surface area (Å²) in [5.74, 6) is -7.10. The van der Waals surface area contributed by atoms with Crippen molar-refractivity contribution in [1.29, 1.82) is 0 Å². The standard InChI is InChI=1S/C15H10ClF3N2O4/c1-5(22)20-9-4-8(21-13(11(9)16)15(23)24)10-6(17)3-7(18)14(25-2)12(10)19/h3-4H,1-2H3,(H,23,24)(H,20,21,22). The van der Waals surface area contributed by atoms with Crippen LogP contribution in [-0.4, -0.2) is 29.1 Å². The minimum atomic E-state index is -1.59. The normalized spacial score (nSPS) is 10.5. The summed E-state index contributed by atoms with van der Waals surface area (Å²) in [5.41, 5.74) is -2.31. The zero-order chi connectivity index (χ0) is 18.9.